The monoisotopic (exact) mass is 534 g/mol. The summed E-state index contributed by atoms with van der Waals surface area (Å²) < 4.78 is 22.3. The molecule has 0 atom stereocenters. The van der Waals surface area contributed by atoms with E-state index in [0.29, 0.717) is 11.0 Å². The summed E-state index contributed by atoms with van der Waals surface area (Å²) in [5.74, 6) is 0. The van der Waals surface area contributed by atoms with E-state index in [1.807, 2.05) is 12.1 Å². The Hall–Kier alpha value is -3.03. The van der Waals surface area contributed by atoms with E-state index in [1.165, 1.54) is 11.3 Å². The molecule has 0 saturated carbocycles. The molecule has 194 valence electrons. The molecule has 0 radical (unpaired) electrons. The van der Waals surface area contributed by atoms with Gasteiger partial charge in [-0.3, -0.25) is 0 Å². The number of thiophene rings is 2. The molecule has 0 aliphatic rings. The molecular weight excluding hydrogens is 499 g/mol. The number of fused-ring (bicyclic) bond motifs is 3. The maximum atomic E-state index is 15.7. The van der Waals surface area contributed by atoms with Gasteiger partial charge in [0.15, 0.2) is 0 Å². The summed E-state index contributed by atoms with van der Waals surface area (Å²) in [5.41, 5.74) is 14.2. The zero-order valence-electron chi connectivity index (χ0n) is 22.3. The second-order valence-electron chi connectivity index (χ2n) is 9.82. The third kappa shape index (κ3) is 4.59. The second-order valence-corrected chi connectivity index (χ2v) is 11.9. The zero-order valence-corrected chi connectivity index (χ0v) is 23.9. The summed E-state index contributed by atoms with van der Waals surface area (Å²) in [5, 5.41) is 0. The summed E-state index contributed by atoms with van der Waals surface area (Å²) in [4.78, 5) is 3.06. The molecule has 7 heteroatoms. The van der Waals surface area contributed by atoms with Gasteiger partial charge in [-0.25, -0.2) is 0 Å². The molecular formula is C30H35FN4S2. The Morgan fingerprint density at radius 2 is 1.30 bits per heavy atom. The van der Waals surface area contributed by atoms with Crippen molar-refractivity contribution in [2.45, 2.75) is 67.0 Å². The predicted molar refractivity (Wildman–Crippen MR) is 161 cm³/mol. The van der Waals surface area contributed by atoms with E-state index < -0.39 is 0 Å². The van der Waals surface area contributed by atoms with Gasteiger partial charge in [0, 0.05) is 30.2 Å². The summed E-state index contributed by atoms with van der Waals surface area (Å²) >= 11 is 3.36. The Morgan fingerprint density at radius 1 is 0.811 bits per heavy atom. The minimum Gasteiger partial charge on any atom is -0.402 e. The maximum Gasteiger partial charge on any atom is 0.0949 e. The standard InChI is InChI=1S/C30H35FN4S2/c1-6-13-33-21(15-19(4)5)9-11-23(33)27-17-25-29(36-27)30-26(35(25)31)18-28(37-30)24-12-10-22(16-20(32)8-3)34(24)14-7-2/h9-12,15-18H,6-8,13-14,32H2,1-5H3/b20-16+. The number of allylic oxidation sites excluding steroid dienone is 2. The third-order valence-electron chi connectivity index (χ3n) is 6.66. The lowest BCUT2D eigenvalue weighted by molar-refractivity contribution is 0.405. The normalized spacial score (nSPS) is 12.3. The molecule has 0 fully saturated rings. The lowest BCUT2D eigenvalue weighted by atomic mass is 10.2. The quantitative estimate of drug-likeness (QED) is 0.201. The van der Waals surface area contributed by atoms with Gasteiger partial charge in [-0.2, -0.15) is 4.79 Å². The van der Waals surface area contributed by atoms with Crippen molar-refractivity contribution in [2.75, 3.05) is 0 Å². The van der Waals surface area contributed by atoms with Crippen molar-refractivity contribution >= 4 is 55.3 Å². The maximum absolute atomic E-state index is 15.7. The highest BCUT2D eigenvalue weighted by Crippen LogP contribution is 2.46. The van der Waals surface area contributed by atoms with E-state index in [9.17, 15) is 0 Å². The molecule has 5 heterocycles. The van der Waals surface area contributed by atoms with Crippen LogP contribution in [0.25, 0.3) is 53.7 Å². The number of rotatable bonds is 9. The fourth-order valence-electron chi connectivity index (χ4n) is 4.95. The van der Waals surface area contributed by atoms with Crippen molar-refractivity contribution in [2.24, 2.45) is 5.73 Å². The topological polar surface area (TPSA) is 40.8 Å². The summed E-state index contributed by atoms with van der Waals surface area (Å²) in [6, 6.07) is 12.6. The summed E-state index contributed by atoms with van der Waals surface area (Å²) in [6.07, 6.45) is 7.15. The van der Waals surface area contributed by atoms with E-state index in [1.54, 1.807) is 22.7 Å². The van der Waals surface area contributed by atoms with Crippen LogP contribution in [0.2, 0.25) is 0 Å². The molecule has 0 bridgehead atoms. The van der Waals surface area contributed by atoms with Crippen LogP contribution >= 0.6 is 22.7 Å². The summed E-state index contributed by atoms with van der Waals surface area (Å²) in [6.45, 7) is 12.5. The smallest absolute Gasteiger partial charge is 0.0949 e. The zero-order chi connectivity index (χ0) is 26.3. The van der Waals surface area contributed by atoms with Gasteiger partial charge >= 0.3 is 0 Å². The Kier molecular flexibility index (Phi) is 7.19. The van der Waals surface area contributed by atoms with Crippen molar-refractivity contribution in [3.8, 4) is 21.1 Å². The minimum absolute atomic E-state index is 0.649. The molecule has 5 rings (SSSR count). The fraction of sp³-hybridized carbons (Fsp3) is 0.333. The first-order chi connectivity index (χ1) is 17.9. The van der Waals surface area contributed by atoms with Gasteiger partial charge in [-0.1, -0.05) is 30.8 Å². The highest BCUT2D eigenvalue weighted by molar-refractivity contribution is 7.30. The van der Waals surface area contributed by atoms with Crippen LogP contribution in [0.15, 0.2) is 47.7 Å². The Balaban J connectivity index is 1.61. The number of hydrogen-bond donors (Lipinski definition) is 1. The van der Waals surface area contributed by atoms with E-state index >= 15 is 4.48 Å². The number of halogens is 1. The van der Waals surface area contributed by atoms with Gasteiger partial charge < -0.3 is 14.9 Å². The molecule has 0 spiro atoms. The average Bonchev–Trinajstić information content (AvgIpc) is 3.66. The number of hydrogen-bond acceptors (Lipinski definition) is 3. The third-order valence-corrected chi connectivity index (χ3v) is 9.12. The van der Waals surface area contributed by atoms with Crippen molar-refractivity contribution < 1.29 is 4.48 Å². The molecule has 0 aliphatic heterocycles. The number of aromatic nitrogens is 3. The van der Waals surface area contributed by atoms with Crippen molar-refractivity contribution in [1.29, 1.82) is 0 Å². The van der Waals surface area contributed by atoms with Crippen LogP contribution in [0.1, 0.15) is 65.3 Å². The number of nitrogens with two attached hydrogens (primary N) is 1. The Labute approximate surface area is 226 Å². The average molecular weight is 535 g/mol. The van der Waals surface area contributed by atoms with Gasteiger partial charge in [0.05, 0.1) is 41.6 Å². The van der Waals surface area contributed by atoms with Crippen LogP contribution in [0.5, 0.6) is 0 Å². The van der Waals surface area contributed by atoms with Crippen LogP contribution in [-0.4, -0.2) is 13.9 Å². The molecule has 0 aliphatic carbocycles. The van der Waals surface area contributed by atoms with E-state index in [0.717, 1.165) is 79.1 Å². The first kappa shape index (κ1) is 25.6. The predicted octanol–water partition coefficient (Wildman–Crippen LogP) is 9.54. The van der Waals surface area contributed by atoms with Gasteiger partial charge in [0.2, 0.25) is 0 Å². The first-order valence-electron chi connectivity index (χ1n) is 13.1. The molecule has 0 aromatic carbocycles. The first-order valence-corrected chi connectivity index (χ1v) is 14.7. The van der Waals surface area contributed by atoms with Gasteiger partial charge in [-0.05, 0) is 81.7 Å². The van der Waals surface area contributed by atoms with Gasteiger partial charge in [0.25, 0.3) is 0 Å². The van der Waals surface area contributed by atoms with Gasteiger partial charge in [0.1, 0.15) is 0 Å². The largest absolute Gasteiger partial charge is 0.402 e. The highest BCUT2D eigenvalue weighted by atomic mass is 32.1. The van der Waals surface area contributed by atoms with Crippen LogP contribution in [0.3, 0.4) is 0 Å². The number of nitrogens with zero attached hydrogens (tertiary/aromatic N) is 3. The van der Waals surface area contributed by atoms with E-state index in [-0.39, 0.29) is 0 Å². The minimum atomic E-state index is 0.649. The SMILES string of the molecule is CCCn1c(C=C(C)C)ccc1-c1cc2c(s1)c1sc(-c3ccc(/C=C(/N)CC)n3CCC)cc1n2F. The molecule has 0 unspecified atom stereocenters. The summed E-state index contributed by atoms with van der Waals surface area (Å²) in [7, 11) is 0. The molecule has 37 heavy (non-hydrogen) atoms. The highest BCUT2D eigenvalue weighted by Gasteiger charge is 2.21. The van der Waals surface area contributed by atoms with Crippen molar-refractivity contribution in [1.82, 2.24) is 13.9 Å². The van der Waals surface area contributed by atoms with Crippen LogP contribution in [0.4, 0.5) is 4.48 Å². The van der Waals surface area contributed by atoms with E-state index in [2.05, 4.69) is 80.2 Å². The molecule has 4 nitrogen and oxygen atoms in total. The van der Waals surface area contributed by atoms with Gasteiger partial charge in [-0.15, -0.1) is 22.7 Å². The van der Waals surface area contributed by atoms with E-state index in [4.69, 9.17) is 5.73 Å². The lowest BCUT2D eigenvalue weighted by Gasteiger charge is -2.10. The van der Waals surface area contributed by atoms with Crippen LogP contribution in [0, 0.1) is 0 Å². The molecule has 0 amide bonds. The van der Waals surface area contributed by atoms with Crippen LogP contribution in [-0.2, 0) is 13.1 Å². The molecule has 5 aromatic rings. The Morgan fingerprint density at radius 3 is 1.73 bits per heavy atom. The molecule has 2 N–H and O–H groups in total. The van der Waals surface area contributed by atoms with Crippen molar-refractivity contribution in [3.05, 3.63) is 59.1 Å². The molecule has 0 saturated heterocycles. The lowest BCUT2D eigenvalue weighted by Crippen LogP contribution is -2.03. The fourth-order valence-corrected chi connectivity index (χ4v) is 7.42. The van der Waals surface area contributed by atoms with Crippen LogP contribution < -0.4 is 5.73 Å². The van der Waals surface area contributed by atoms with Crippen molar-refractivity contribution in [3.63, 3.8) is 0 Å². The second kappa shape index (κ2) is 10.4. The Bertz CT molecular complexity index is 1630. The molecule has 5 aromatic heterocycles.